The van der Waals surface area contributed by atoms with Crippen molar-refractivity contribution in [1.29, 1.82) is 0 Å². The van der Waals surface area contributed by atoms with Crippen LogP contribution in [0.2, 0.25) is 0 Å². The summed E-state index contributed by atoms with van der Waals surface area (Å²) in [5.74, 6) is 2.17. The van der Waals surface area contributed by atoms with E-state index < -0.39 is 0 Å². The minimum Gasteiger partial charge on any atom is -0.494 e. The molecule has 0 saturated carbocycles. The fourth-order valence-electron chi connectivity index (χ4n) is 4.20. The van der Waals surface area contributed by atoms with E-state index in [1.807, 2.05) is 64.9 Å². The van der Waals surface area contributed by atoms with E-state index in [2.05, 4.69) is 20.4 Å². The number of aromatic amines is 1. The fraction of sp³-hybridized carbons (Fsp3) is 0.318. The molecular formula is C22H23N7O2S. The van der Waals surface area contributed by atoms with Crippen LogP contribution in [-0.2, 0) is 11.3 Å². The van der Waals surface area contributed by atoms with Gasteiger partial charge in [-0.3, -0.25) is 18.9 Å². The van der Waals surface area contributed by atoms with Crippen LogP contribution >= 0.6 is 12.2 Å². The lowest BCUT2D eigenvalue weighted by Crippen LogP contribution is -2.34. The van der Waals surface area contributed by atoms with E-state index in [4.69, 9.17) is 17.0 Å². The average Bonchev–Trinajstić information content (AvgIpc) is 3.53. The van der Waals surface area contributed by atoms with Crippen molar-refractivity contribution in [2.45, 2.75) is 32.4 Å². The minimum atomic E-state index is -0.116. The van der Waals surface area contributed by atoms with Gasteiger partial charge < -0.3 is 9.64 Å². The normalized spacial score (nSPS) is 16.0. The zero-order valence-electron chi connectivity index (χ0n) is 17.6. The molecule has 1 aliphatic rings. The number of likely N-dealkylation sites (tertiary alicyclic amines) is 1. The molecule has 1 N–H and O–H groups in total. The van der Waals surface area contributed by atoms with Crippen LogP contribution in [0.25, 0.3) is 17.0 Å². The molecule has 0 radical (unpaired) electrons. The number of aromatic nitrogens is 6. The van der Waals surface area contributed by atoms with E-state index in [9.17, 15) is 4.79 Å². The third-order valence-electron chi connectivity index (χ3n) is 5.69. The number of H-pyrrole nitrogens is 1. The molecule has 1 saturated heterocycles. The van der Waals surface area contributed by atoms with E-state index in [1.165, 1.54) is 0 Å². The van der Waals surface area contributed by atoms with Gasteiger partial charge in [-0.05, 0) is 68.4 Å². The standard InChI is InChI=1S/C22H23N7O2S/c1-2-31-16-10-8-15(9-11-16)20-24-26-22(32)29(20)14-19(30)27-13-5-6-17(27)21-25-23-18-7-3-4-12-28(18)21/h3-4,7-12,17H,2,5-6,13-14H2,1H3,(H,26,32). The highest BCUT2D eigenvalue weighted by molar-refractivity contribution is 7.71. The van der Waals surface area contributed by atoms with Gasteiger partial charge in [-0.15, -0.1) is 10.2 Å². The van der Waals surface area contributed by atoms with Crippen molar-refractivity contribution in [2.24, 2.45) is 0 Å². The van der Waals surface area contributed by atoms with Crippen molar-refractivity contribution in [3.8, 4) is 17.1 Å². The highest BCUT2D eigenvalue weighted by Crippen LogP contribution is 2.31. The first-order chi connectivity index (χ1) is 15.7. The molecule has 0 spiro atoms. The van der Waals surface area contributed by atoms with Crippen molar-refractivity contribution in [3.63, 3.8) is 0 Å². The number of hydrogen-bond acceptors (Lipinski definition) is 6. The molecule has 1 atom stereocenters. The van der Waals surface area contributed by atoms with Crippen molar-refractivity contribution in [1.82, 2.24) is 34.3 Å². The Labute approximate surface area is 189 Å². The number of pyridine rings is 1. The van der Waals surface area contributed by atoms with Gasteiger partial charge in [0.05, 0.1) is 12.6 Å². The zero-order chi connectivity index (χ0) is 22.1. The second kappa shape index (κ2) is 8.54. The number of benzene rings is 1. The molecule has 32 heavy (non-hydrogen) atoms. The lowest BCUT2D eigenvalue weighted by Gasteiger charge is -2.24. The summed E-state index contributed by atoms with van der Waals surface area (Å²) in [6, 6.07) is 13.3. The Kier molecular flexibility index (Phi) is 5.44. The van der Waals surface area contributed by atoms with Gasteiger partial charge in [0.2, 0.25) is 5.91 Å². The van der Waals surface area contributed by atoms with Crippen molar-refractivity contribution in [2.75, 3.05) is 13.2 Å². The number of nitrogens with zero attached hydrogens (tertiary/aromatic N) is 6. The molecule has 1 amide bonds. The van der Waals surface area contributed by atoms with Crippen LogP contribution < -0.4 is 4.74 Å². The average molecular weight is 450 g/mol. The first kappa shape index (κ1) is 20.4. The second-order valence-electron chi connectivity index (χ2n) is 7.63. The summed E-state index contributed by atoms with van der Waals surface area (Å²) in [6.07, 6.45) is 3.70. The summed E-state index contributed by atoms with van der Waals surface area (Å²) in [5.41, 5.74) is 1.63. The molecule has 4 heterocycles. The molecule has 164 valence electrons. The number of carbonyl (C=O) groups is 1. The van der Waals surface area contributed by atoms with Crippen LogP contribution in [0, 0.1) is 4.77 Å². The predicted octanol–water partition coefficient (Wildman–Crippen LogP) is 3.41. The Morgan fingerprint density at radius 2 is 2.06 bits per heavy atom. The van der Waals surface area contributed by atoms with Gasteiger partial charge in [-0.1, -0.05) is 6.07 Å². The Morgan fingerprint density at radius 3 is 2.88 bits per heavy atom. The molecule has 10 heteroatoms. The van der Waals surface area contributed by atoms with Crippen LogP contribution in [0.4, 0.5) is 0 Å². The summed E-state index contributed by atoms with van der Waals surface area (Å²) in [4.78, 5) is 15.2. The lowest BCUT2D eigenvalue weighted by atomic mass is 10.2. The van der Waals surface area contributed by atoms with Crippen LogP contribution in [-0.4, -0.2) is 53.3 Å². The number of fused-ring (bicyclic) bond motifs is 1. The van der Waals surface area contributed by atoms with Gasteiger partial charge >= 0.3 is 0 Å². The maximum absolute atomic E-state index is 13.4. The Balaban J connectivity index is 1.40. The van der Waals surface area contributed by atoms with Gasteiger partial charge in [0.1, 0.15) is 12.3 Å². The first-order valence-corrected chi connectivity index (χ1v) is 11.0. The molecule has 5 rings (SSSR count). The molecule has 0 bridgehead atoms. The number of rotatable bonds is 6. The highest BCUT2D eigenvalue weighted by atomic mass is 32.1. The Morgan fingerprint density at radius 1 is 1.22 bits per heavy atom. The monoisotopic (exact) mass is 449 g/mol. The molecule has 0 aliphatic carbocycles. The number of ether oxygens (including phenoxy) is 1. The third kappa shape index (κ3) is 3.66. The quantitative estimate of drug-likeness (QED) is 0.454. The third-order valence-corrected chi connectivity index (χ3v) is 6.00. The summed E-state index contributed by atoms with van der Waals surface area (Å²) < 4.78 is 9.61. The van der Waals surface area contributed by atoms with Crippen LogP contribution in [0.5, 0.6) is 5.75 Å². The summed E-state index contributed by atoms with van der Waals surface area (Å²) in [5, 5.41) is 15.8. The zero-order valence-corrected chi connectivity index (χ0v) is 18.5. The second-order valence-corrected chi connectivity index (χ2v) is 8.01. The number of nitrogens with one attached hydrogen (secondary N) is 1. The molecule has 1 aliphatic heterocycles. The van der Waals surface area contributed by atoms with Crippen molar-refractivity contribution in [3.05, 3.63) is 59.3 Å². The maximum Gasteiger partial charge on any atom is 0.243 e. The van der Waals surface area contributed by atoms with E-state index in [0.29, 0.717) is 23.7 Å². The van der Waals surface area contributed by atoms with Gasteiger partial charge in [-0.2, -0.15) is 5.10 Å². The number of amides is 1. The molecule has 1 fully saturated rings. The Bertz CT molecular complexity index is 1310. The molecule has 1 aromatic carbocycles. The van der Waals surface area contributed by atoms with E-state index in [-0.39, 0.29) is 18.5 Å². The van der Waals surface area contributed by atoms with E-state index in [1.54, 1.807) is 4.57 Å². The number of carbonyl (C=O) groups excluding carboxylic acids is 1. The van der Waals surface area contributed by atoms with Crippen molar-refractivity contribution < 1.29 is 9.53 Å². The van der Waals surface area contributed by atoms with E-state index >= 15 is 0 Å². The Hall–Kier alpha value is -3.53. The van der Waals surface area contributed by atoms with Gasteiger partial charge in [0.25, 0.3) is 0 Å². The van der Waals surface area contributed by atoms with Crippen LogP contribution in [0.15, 0.2) is 48.7 Å². The largest absolute Gasteiger partial charge is 0.494 e. The number of hydrogen-bond donors (Lipinski definition) is 1. The molecule has 4 aromatic rings. The summed E-state index contributed by atoms with van der Waals surface area (Å²) >= 11 is 5.43. The fourth-order valence-corrected chi connectivity index (χ4v) is 4.40. The predicted molar refractivity (Wildman–Crippen MR) is 121 cm³/mol. The van der Waals surface area contributed by atoms with Crippen LogP contribution in [0.3, 0.4) is 0 Å². The topological polar surface area (TPSA) is 93.3 Å². The van der Waals surface area contributed by atoms with Crippen molar-refractivity contribution >= 4 is 23.8 Å². The molecular weight excluding hydrogens is 426 g/mol. The van der Waals surface area contributed by atoms with Gasteiger partial charge in [0.15, 0.2) is 22.1 Å². The molecule has 3 aromatic heterocycles. The van der Waals surface area contributed by atoms with Gasteiger partial charge in [0, 0.05) is 18.3 Å². The summed E-state index contributed by atoms with van der Waals surface area (Å²) in [7, 11) is 0. The molecule has 1 unspecified atom stereocenters. The molecule has 9 nitrogen and oxygen atoms in total. The van der Waals surface area contributed by atoms with Gasteiger partial charge in [-0.25, -0.2) is 0 Å². The summed E-state index contributed by atoms with van der Waals surface area (Å²) in [6.45, 7) is 3.32. The highest BCUT2D eigenvalue weighted by Gasteiger charge is 2.33. The lowest BCUT2D eigenvalue weighted by molar-refractivity contribution is -0.132. The first-order valence-electron chi connectivity index (χ1n) is 10.6. The maximum atomic E-state index is 13.4. The smallest absolute Gasteiger partial charge is 0.243 e. The minimum absolute atomic E-state index is 0.0233. The SMILES string of the molecule is CCOc1ccc(-c2n[nH]c(=S)n2CC(=O)N2CCCC2c2nnc3ccccn23)cc1. The van der Waals surface area contributed by atoms with E-state index in [0.717, 1.165) is 35.6 Å². The van der Waals surface area contributed by atoms with Crippen LogP contribution in [0.1, 0.15) is 31.6 Å².